The monoisotopic (exact) mass is 690 g/mol. The van der Waals surface area contributed by atoms with Crippen LogP contribution in [0.1, 0.15) is 12.1 Å². The van der Waals surface area contributed by atoms with E-state index < -0.39 is 13.2 Å². The Morgan fingerprint density at radius 1 is 0.958 bits per heavy atom. The average Bonchev–Trinajstić information content (AvgIpc) is 3.07. The molecule has 2 aromatic carbocycles. The summed E-state index contributed by atoms with van der Waals surface area (Å²) < 4.78 is 18.6. The molecule has 2 fully saturated rings. The quantitative estimate of drug-likeness (QED) is 0.201. The molecule has 4 aromatic rings. The van der Waals surface area contributed by atoms with Crippen LogP contribution in [0.3, 0.4) is 0 Å². The molecule has 250 valence electrons. The number of aromatic nitrogens is 4. The van der Waals surface area contributed by atoms with Crippen molar-refractivity contribution in [1.82, 2.24) is 30.2 Å². The van der Waals surface area contributed by atoms with Crippen molar-refractivity contribution in [2.45, 2.75) is 13.0 Å². The first-order valence-electron chi connectivity index (χ1n) is 15.4. The number of piperazine rings is 1. The van der Waals surface area contributed by atoms with Crippen molar-refractivity contribution >= 4 is 70.6 Å². The zero-order valence-electron chi connectivity index (χ0n) is 26.8. The fourth-order valence-corrected chi connectivity index (χ4v) is 6.86. The fraction of sp³-hybridized carbons (Fsp3) is 0.312. The molecular weight excluding hydrogens is 655 g/mol. The topological polar surface area (TPSA) is 158 Å². The van der Waals surface area contributed by atoms with Crippen LogP contribution in [-0.2, 0) is 15.9 Å². The van der Waals surface area contributed by atoms with Gasteiger partial charge in [0.15, 0.2) is 11.6 Å². The molecule has 3 amide bonds. The van der Waals surface area contributed by atoms with Crippen LogP contribution in [0, 0.1) is 0 Å². The number of rotatable bonds is 10. The summed E-state index contributed by atoms with van der Waals surface area (Å²) in [5, 5.41) is 9.81. The van der Waals surface area contributed by atoms with Crippen LogP contribution in [0.5, 0.6) is 5.75 Å². The van der Waals surface area contributed by atoms with E-state index in [1.54, 1.807) is 26.6 Å². The minimum atomic E-state index is -2.55. The highest BCUT2D eigenvalue weighted by Gasteiger charge is 2.26. The van der Waals surface area contributed by atoms with Crippen molar-refractivity contribution in [2.24, 2.45) is 0 Å². The Hall–Kier alpha value is -4.78. The van der Waals surface area contributed by atoms with Gasteiger partial charge in [0.1, 0.15) is 17.9 Å². The third-order valence-corrected chi connectivity index (χ3v) is 9.87. The van der Waals surface area contributed by atoms with Gasteiger partial charge >= 0.3 is 6.03 Å². The van der Waals surface area contributed by atoms with E-state index in [9.17, 15) is 14.2 Å². The molecule has 4 heterocycles. The lowest BCUT2D eigenvalue weighted by Gasteiger charge is -2.36. The Kier molecular flexibility index (Phi) is 9.76. The number of halogens is 1. The molecule has 2 aromatic heterocycles. The summed E-state index contributed by atoms with van der Waals surface area (Å²) >= 11 is 6.43. The molecule has 0 saturated carbocycles. The van der Waals surface area contributed by atoms with Gasteiger partial charge in [0, 0.05) is 68.9 Å². The van der Waals surface area contributed by atoms with Crippen LogP contribution in [-0.4, -0.2) is 89.9 Å². The number of hydrogen-bond donors (Lipinski definition) is 3. The number of amides is 3. The predicted molar refractivity (Wildman–Crippen MR) is 187 cm³/mol. The van der Waals surface area contributed by atoms with E-state index in [2.05, 4.69) is 45.7 Å². The summed E-state index contributed by atoms with van der Waals surface area (Å²) in [6.45, 7) is 7.50. The number of hydrogen-bond acceptors (Lipinski definition) is 12. The highest BCUT2D eigenvalue weighted by atomic mass is 35.5. The van der Waals surface area contributed by atoms with E-state index in [0.29, 0.717) is 51.6 Å². The molecule has 0 unspecified atom stereocenters. The largest absolute Gasteiger partial charge is 0.494 e. The third-order valence-electron chi connectivity index (χ3n) is 8.04. The number of urea groups is 1. The number of benzene rings is 2. The van der Waals surface area contributed by atoms with Gasteiger partial charge in [-0.15, -0.1) is 0 Å². The number of ether oxygens (including phenoxy) is 1. The highest BCUT2D eigenvalue weighted by Crippen LogP contribution is 2.39. The zero-order valence-corrected chi connectivity index (χ0v) is 28.5. The first-order chi connectivity index (χ1) is 23.1. The molecule has 2 aliphatic rings. The number of carbonyl (C=O) groups excluding carboxylic acids is 2. The third kappa shape index (κ3) is 7.67. The molecule has 0 atom stereocenters. The molecular formula is C32H36ClN10O4P. The van der Waals surface area contributed by atoms with Gasteiger partial charge in [-0.25, -0.2) is 14.8 Å². The summed E-state index contributed by atoms with van der Waals surface area (Å²) in [6.07, 6.45) is 4.98. The molecule has 0 aliphatic carbocycles. The summed E-state index contributed by atoms with van der Waals surface area (Å²) in [7, 11) is -0.933. The zero-order chi connectivity index (χ0) is 33.8. The van der Waals surface area contributed by atoms with E-state index in [-0.39, 0.29) is 18.9 Å². The lowest BCUT2D eigenvalue weighted by molar-refractivity contribution is -0.120. The average molecular weight is 691 g/mol. The van der Waals surface area contributed by atoms with Gasteiger partial charge in [-0.3, -0.25) is 24.9 Å². The maximum absolute atomic E-state index is 12.8. The SMILES string of the molecule is COc1cc(N2CCN(Cc3cncc(N4CCC(=O)NC4=O)n3)CC2)ccc1Nc1ncc(Cl)c(Nc2ccccc2P(C)(C)=O)n1. The van der Waals surface area contributed by atoms with E-state index in [0.717, 1.165) is 37.6 Å². The maximum Gasteiger partial charge on any atom is 0.329 e. The molecule has 6 rings (SSSR count). The summed E-state index contributed by atoms with van der Waals surface area (Å²) in [5.41, 5.74) is 3.13. The van der Waals surface area contributed by atoms with Gasteiger partial charge in [-0.05, 0) is 37.6 Å². The van der Waals surface area contributed by atoms with Gasteiger partial charge < -0.3 is 24.8 Å². The maximum atomic E-state index is 12.8. The van der Waals surface area contributed by atoms with Crippen LogP contribution >= 0.6 is 18.7 Å². The van der Waals surface area contributed by atoms with Crippen molar-refractivity contribution in [3.63, 3.8) is 0 Å². The van der Waals surface area contributed by atoms with E-state index in [1.807, 2.05) is 42.5 Å². The Morgan fingerprint density at radius 2 is 1.75 bits per heavy atom. The van der Waals surface area contributed by atoms with Crippen LogP contribution < -0.4 is 35.8 Å². The second-order valence-corrected chi connectivity index (χ2v) is 15.4. The number of anilines is 6. The van der Waals surface area contributed by atoms with Gasteiger partial charge in [0.25, 0.3) is 0 Å². The number of nitrogens with zero attached hydrogens (tertiary/aromatic N) is 7. The smallest absolute Gasteiger partial charge is 0.329 e. The molecule has 16 heteroatoms. The lowest BCUT2D eigenvalue weighted by Crippen LogP contribution is -2.50. The fourth-order valence-electron chi connectivity index (χ4n) is 5.57. The minimum absolute atomic E-state index is 0.230. The van der Waals surface area contributed by atoms with Crippen LogP contribution in [0.25, 0.3) is 0 Å². The molecule has 3 N–H and O–H groups in total. The molecule has 48 heavy (non-hydrogen) atoms. The van der Waals surface area contributed by atoms with Crippen LogP contribution in [0.4, 0.5) is 39.4 Å². The number of methoxy groups -OCH3 is 1. The second kappa shape index (κ2) is 14.1. The Morgan fingerprint density at radius 3 is 2.50 bits per heavy atom. The van der Waals surface area contributed by atoms with Crippen LogP contribution in [0.15, 0.2) is 61.1 Å². The molecule has 2 saturated heterocycles. The molecule has 0 radical (unpaired) electrons. The van der Waals surface area contributed by atoms with E-state index in [1.165, 1.54) is 17.3 Å². The normalized spacial score (nSPS) is 15.7. The number of para-hydroxylation sites is 1. The Labute approximate surface area is 283 Å². The van der Waals surface area contributed by atoms with Crippen molar-refractivity contribution in [3.05, 3.63) is 71.8 Å². The van der Waals surface area contributed by atoms with Crippen molar-refractivity contribution < 1.29 is 18.9 Å². The van der Waals surface area contributed by atoms with Crippen molar-refractivity contribution in [2.75, 3.05) is 73.6 Å². The summed E-state index contributed by atoms with van der Waals surface area (Å²) in [4.78, 5) is 47.6. The Bertz CT molecular complexity index is 1880. The van der Waals surface area contributed by atoms with Crippen LogP contribution in [0.2, 0.25) is 5.02 Å². The highest BCUT2D eigenvalue weighted by molar-refractivity contribution is 7.70. The number of nitrogens with one attached hydrogen (secondary N) is 3. The lowest BCUT2D eigenvalue weighted by atomic mass is 10.2. The number of imide groups is 1. The van der Waals surface area contributed by atoms with E-state index in [4.69, 9.17) is 16.3 Å². The van der Waals surface area contributed by atoms with Crippen molar-refractivity contribution in [1.29, 1.82) is 0 Å². The van der Waals surface area contributed by atoms with Gasteiger partial charge in [0.05, 0.1) is 36.6 Å². The van der Waals surface area contributed by atoms with E-state index >= 15 is 0 Å². The Balaban J connectivity index is 1.09. The molecule has 2 aliphatic heterocycles. The first kappa shape index (κ1) is 33.1. The second-order valence-electron chi connectivity index (χ2n) is 11.8. The van der Waals surface area contributed by atoms with Crippen molar-refractivity contribution in [3.8, 4) is 5.75 Å². The number of carbonyl (C=O) groups is 2. The van der Waals surface area contributed by atoms with Gasteiger partial charge in [0.2, 0.25) is 11.9 Å². The molecule has 0 bridgehead atoms. The standard InChI is InChI=1S/C32H36ClN10O4P/c1-47-26-16-22(42-14-12-41(13-15-42)20-21-17-34-19-28(36-21)43-11-10-29(44)39-32(43)45)8-9-24(26)38-31-35-18-23(33)30(40-31)37-25-6-4-5-7-27(25)48(2,3)46/h4-9,16-19H,10-15,20H2,1-3H3,(H,39,44,45)(H2,35,37,38,40). The summed E-state index contributed by atoms with van der Waals surface area (Å²) in [5.74, 6) is 1.47. The van der Waals surface area contributed by atoms with Gasteiger partial charge in [-0.1, -0.05) is 23.7 Å². The van der Waals surface area contributed by atoms with Gasteiger partial charge in [-0.2, -0.15) is 4.98 Å². The minimum Gasteiger partial charge on any atom is -0.494 e. The predicted octanol–water partition coefficient (Wildman–Crippen LogP) is 4.43. The molecule has 14 nitrogen and oxygen atoms in total. The molecule has 0 spiro atoms. The first-order valence-corrected chi connectivity index (χ1v) is 18.3. The summed E-state index contributed by atoms with van der Waals surface area (Å²) in [6, 6.07) is 12.8.